The quantitative estimate of drug-likeness (QED) is 0.356. The normalized spacial score (nSPS) is 15.4. The molecular formula is C18H29N7O3. The molecule has 2 aromatic heterocycles. The van der Waals surface area contributed by atoms with Crippen molar-refractivity contribution in [3.63, 3.8) is 0 Å². The van der Waals surface area contributed by atoms with E-state index in [1.54, 1.807) is 0 Å². The molecule has 10 nitrogen and oxygen atoms in total. The highest BCUT2D eigenvalue weighted by molar-refractivity contribution is 5.85. The Hall–Kier alpha value is -2.62. The van der Waals surface area contributed by atoms with Crippen LogP contribution in [0, 0.1) is 0 Å². The zero-order chi connectivity index (χ0) is 19.9. The van der Waals surface area contributed by atoms with E-state index in [9.17, 15) is 4.79 Å². The number of nitrogen functional groups attached to an aromatic ring is 1. The number of nitrogens with two attached hydrogens (primary N) is 1. The van der Waals surface area contributed by atoms with Gasteiger partial charge in [0.05, 0.1) is 18.9 Å². The number of hydrogen-bond acceptors (Lipinski definition) is 8. The number of oxime groups is 1. The number of likely N-dealkylation sites (tertiary alicyclic amines) is 1. The summed E-state index contributed by atoms with van der Waals surface area (Å²) in [6.45, 7) is 8.28. The van der Waals surface area contributed by atoms with Gasteiger partial charge in [0.25, 0.3) is 0 Å². The second kappa shape index (κ2) is 9.54. The van der Waals surface area contributed by atoms with Crippen LogP contribution in [0.4, 0.5) is 5.82 Å². The fourth-order valence-corrected chi connectivity index (χ4v) is 3.14. The molecule has 0 bridgehead atoms. The van der Waals surface area contributed by atoms with Gasteiger partial charge in [-0.3, -0.25) is 9.47 Å². The number of aromatic nitrogens is 4. The van der Waals surface area contributed by atoms with Crippen molar-refractivity contribution in [2.24, 2.45) is 5.16 Å². The Bertz CT molecular complexity index is 868. The predicted octanol–water partition coefficient (Wildman–Crippen LogP) is 1.37. The van der Waals surface area contributed by atoms with E-state index >= 15 is 0 Å². The maximum atomic E-state index is 12.3. The highest BCUT2D eigenvalue weighted by Crippen LogP contribution is 2.18. The number of H-pyrrole nitrogens is 1. The molecule has 0 atom stereocenters. The lowest BCUT2D eigenvalue weighted by atomic mass is 10.4. The van der Waals surface area contributed by atoms with Gasteiger partial charge in [0, 0.05) is 6.54 Å². The second-order valence-corrected chi connectivity index (χ2v) is 7.02. The molecule has 0 radical (unpaired) electrons. The molecule has 0 aromatic carbocycles. The van der Waals surface area contributed by atoms with E-state index in [0.29, 0.717) is 30.1 Å². The summed E-state index contributed by atoms with van der Waals surface area (Å²) in [5.74, 6) is 0.184. The van der Waals surface area contributed by atoms with Crippen LogP contribution in [-0.4, -0.2) is 63.0 Å². The Morgan fingerprint density at radius 2 is 2.07 bits per heavy atom. The van der Waals surface area contributed by atoms with E-state index in [-0.39, 0.29) is 24.1 Å². The molecule has 0 spiro atoms. The largest absolute Gasteiger partial charge is 0.463 e. The van der Waals surface area contributed by atoms with Crippen LogP contribution in [-0.2, 0) is 11.4 Å². The molecule has 3 heterocycles. The zero-order valence-electron chi connectivity index (χ0n) is 16.6. The summed E-state index contributed by atoms with van der Waals surface area (Å²) in [6, 6.07) is 0.169. The van der Waals surface area contributed by atoms with Gasteiger partial charge in [-0.2, -0.15) is 9.97 Å². The minimum Gasteiger partial charge on any atom is -0.463 e. The molecule has 10 heteroatoms. The topological polar surface area (TPSA) is 124 Å². The minimum atomic E-state index is -0.326. The van der Waals surface area contributed by atoms with Gasteiger partial charge in [0.2, 0.25) is 0 Å². The first-order valence-electron chi connectivity index (χ1n) is 9.85. The number of ether oxygens (including phenoxy) is 1. The van der Waals surface area contributed by atoms with Crippen molar-refractivity contribution in [3.05, 3.63) is 10.5 Å². The summed E-state index contributed by atoms with van der Waals surface area (Å²) >= 11 is 0. The predicted molar refractivity (Wildman–Crippen MR) is 108 cm³/mol. The van der Waals surface area contributed by atoms with Gasteiger partial charge in [0.15, 0.2) is 11.5 Å². The molecular weight excluding hydrogens is 362 g/mol. The molecule has 1 aliphatic rings. The zero-order valence-corrected chi connectivity index (χ0v) is 16.6. The summed E-state index contributed by atoms with van der Waals surface area (Å²) in [7, 11) is 0. The van der Waals surface area contributed by atoms with E-state index in [1.807, 2.05) is 6.92 Å². The van der Waals surface area contributed by atoms with Crippen molar-refractivity contribution in [1.82, 2.24) is 24.4 Å². The van der Waals surface area contributed by atoms with E-state index < -0.39 is 0 Å². The summed E-state index contributed by atoms with van der Waals surface area (Å²) in [4.78, 5) is 31.3. The van der Waals surface area contributed by atoms with Crippen molar-refractivity contribution in [2.45, 2.75) is 46.1 Å². The molecule has 0 aliphatic carbocycles. The maximum absolute atomic E-state index is 12.3. The SMILES string of the molecule is CCCCOc1nc(N)c2[nH]c(=O)n(C/C(C)=N\OCCN3CCCC3)c2n1. The third kappa shape index (κ3) is 5.00. The molecule has 154 valence electrons. The molecule has 2 aromatic rings. The Morgan fingerprint density at radius 1 is 1.29 bits per heavy atom. The highest BCUT2D eigenvalue weighted by atomic mass is 16.6. The Kier molecular flexibility index (Phi) is 6.85. The summed E-state index contributed by atoms with van der Waals surface area (Å²) < 4.78 is 7.00. The standard InChI is InChI=1S/C18H29N7O3/c1-3-4-10-27-17-21-15(19)14-16(22-17)25(18(26)20-14)12-13(2)23-28-11-9-24-7-5-6-8-24/h3-12H2,1-2H3,(H,20,26)(H2,19,21,22)/b23-13-. The van der Waals surface area contributed by atoms with Crippen LogP contribution < -0.4 is 16.2 Å². The molecule has 3 rings (SSSR count). The van der Waals surface area contributed by atoms with Gasteiger partial charge in [-0.25, -0.2) is 4.79 Å². The molecule has 1 aliphatic heterocycles. The molecule has 1 fully saturated rings. The van der Waals surface area contributed by atoms with Gasteiger partial charge >= 0.3 is 11.7 Å². The molecule has 0 saturated carbocycles. The molecule has 3 N–H and O–H groups in total. The van der Waals surface area contributed by atoms with Crippen molar-refractivity contribution >= 4 is 22.7 Å². The van der Waals surface area contributed by atoms with Gasteiger partial charge < -0.3 is 20.3 Å². The smallest absolute Gasteiger partial charge is 0.328 e. The van der Waals surface area contributed by atoms with E-state index in [4.69, 9.17) is 15.3 Å². The molecule has 28 heavy (non-hydrogen) atoms. The third-order valence-corrected chi connectivity index (χ3v) is 4.66. The van der Waals surface area contributed by atoms with Crippen LogP contribution in [0.5, 0.6) is 6.01 Å². The lowest BCUT2D eigenvalue weighted by Gasteiger charge is -2.13. The molecule has 1 saturated heterocycles. The van der Waals surface area contributed by atoms with Gasteiger partial charge in [-0.15, -0.1) is 0 Å². The number of nitrogens with one attached hydrogen (secondary N) is 1. The summed E-state index contributed by atoms with van der Waals surface area (Å²) in [6.07, 6.45) is 4.39. The first kappa shape index (κ1) is 20.1. The number of fused-ring (bicyclic) bond motifs is 1. The number of hydrogen-bond donors (Lipinski definition) is 2. The monoisotopic (exact) mass is 391 g/mol. The second-order valence-electron chi connectivity index (χ2n) is 7.02. The van der Waals surface area contributed by atoms with Crippen molar-refractivity contribution in [2.75, 3.05) is 38.6 Å². The first-order chi connectivity index (χ1) is 13.6. The van der Waals surface area contributed by atoms with Crippen LogP contribution in [0.15, 0.2) is 9.95 Å². The van der Waals surface area contributed by atoms with Gasteiger partial charge in [0.1, 0.15) is 12.1 Å². The van der Waals surface area contributed by atoms with Crippen LogP contribution >= 0.6 is 0 Å². The van der Waals surface area contributed by atoms with Crippen LogP contribution in [0.3, 0.4) is 0 Å². The highest BCUT2D eigenvalue weighted by Gasteiger charge is 2.15. The van der Waals surface area contributed by atoms with E-state index in [1.165, 1.54) is 17.4 Å². The third-order valence-electron chi connectivity index (χ3n) is 4.66. The van der Waals surface area contributed by atoms with Crippen molar-refractivity contribution < 1.29 is 9.57 Å². The average Bonchev–Trinajstić information content (AvgIpc) is 3.29. The minimum absolute atomic E-state index is 0.169. The Balaban J connectivity index is 1.67. The van der Waals surface area contributed by atoms with Gasteiger partial charge in [-0.05, 0) is 39.3 Å². The maximum Gasteiger partial charge on any atom is 0.328 e. The number of unbranched alkanes of at least 4 members (excludes halogenated alkanes) is 1. The Labute approximate surface area is 163 Å². The summed E-state index contributed by atoms with van der Waals surface area (Å²) in [5, 5.41) is 4.12. The van der Waals surface area contributed by atoms with Crippen LogP contribution in [0.2, 0.25) is 0 Å². The lowest BCUT2D eigenvalue weighted by Crippen LogP contribution is -2.24. The van der Waals surface area contributed by atoms with Crippen molar-refractivity contribution in [1.29, 1.82) is 0 Å². The lowest BCUT2D eigenvalue weighted by molar-refractivity contribution is 0.118. The summed E-state index contributed by atoms with van der Waals surface area (Å²) in [5.41, 5.74) is 7.09. The van der Waals surface area contributed by atoms with Gasteiger partial charge in [-0.1, -0.05) is 18.5 Å². The van der Waals surface area contributed by atoms with Crippen molar-refractivity contribution in [3.8, 4) is 6.01 Å². The fraction of sp³-hybridized carbons (Fsp3) is 0.667. The van der Waals surface area contributed by atoms with Crippen LogP contribution in [0.1, 0.15) is 39.5 Å². The number of anilines is 1. The molecule has 0 unspecified atom stereocenters. The average molecular weight is 391 g/mol. The molecule has 0 amide bonds. The fourth-order valence-electron chi connectivity index (χ4n) is 3.14. The van der Waals surface area contributed by atoms with Crippen LogP contribution in [0.25, 0.3) is 11.2 Å². The number of rotatable bonds is 10. The number of nitrogens with zero attached hydrogens (tertiary/aromatic N) is 5. The van der Waals surface area contributed by atoms with E-state index in [0.717, 1.165) is 32.5 Å². The van der Waals surface area contributed by atoms with E-state index in [2.05, 4.69) is 31.9 Å². The number of imidazole rings is 1. The Morgan fingerprint density at radius 3 is 2.82 bits per heavy atom. The first-order valence-corrected chi connectivity index (χ1v) is 9.85. The number of aromatic amines is 1.